The molecule has 1 aromatic heterocycles. The van der Waals surface area contributed by atoms with Gasteiger partial charge in [0.2, 0.25) is 0 Å². The van der Waals surface area contributed by atoms with E-state index in [1.807, 2.05) is 45.0 Å². The second-order valence-corrected chi connectivity index (χ2v) is 14.3. The molecule has 250 valence electrons. The van der Waals surface area contributed by atoms with E-state index in [-0.39, 0.29) is 35.8 Å². The van der Waals surface area contributed by atoms with Gasteiger partial charge in [-0.2, -0.15) is 0 Å². The number of halogens is 1. The summed E-state index contributed by atoms with van der Waals surface area (Å²) in [5.74, 6) is -0.156. The SMILES string of the molecule is CC1=C(C2=C=CNc3ccc(-c4cncc(NC(CO)C(C)(C)C)c4)cc32)NC2C=NC=C(c3cc(F)cc(NCCN(C)C)c3)C2C1. The molecule has 9 heteroatoms. The number of likely N-dealkylation sites (N-methyl/N-ethyl adjacent to an activating group) is 1. The van der Waals surface area contributed by atoms with Crippen molar-refractivity contribution in [3.8, 4) is 11.1 Å². The van der Waals surface area contributed by atoms with Crippen LogP contribution in [0.3, 0.4) is 0 Å². The molecule has 48 heavy (non-hydrogen) atoms. The van der Waals surface area contributed by atoms with Gasteiger partial charge in [0.1, 0.15) is 5.82 Å². The summed E-state index contributed by atoms with van der Waals surface area (Å²) >= 11 is 0. The fraction of sp³-hybridized carbons (Fsp3) is 0.359. The standard InChI is InChI=1S/C39H46FN7O/c1-24-13-32-34(26-14-28(40)18-29(15-26)43-11-12-47(5)6)21-42-22-36(32)46-38(24)31-9-10-44-35-8-7-25(17-33(31)35)27-16-30(20-41-19-27)45-37(23-48)39(2,3)4/h7-8,10,14-22,32,36-37,43-46,48H,11-13,23H2,1-6H3. The average molecular weight is 648 g/mol. The Morgan fingerprint density at radius 1 is 1.06 bits per heavy atom. The zero-order chi connectivity index (χ0) is 34.0. The fourth-order valence-corrected chi connectivity index (χ4v) is 6.50. The van der Waals surface area contributed by atoms with E-state index in [2.05, 4.69) is 93.8 Å². The van der Waals surface area contributed by atoms with Gasteiger partial charge in [-0.3, -0.25) is 9.98 Å². The summed E-state index contributed by atoms with van der Waals surface area (Å²) in [6.07, 6.45) is 10.2. The quantitative estimate of drug-likeness (QED) is 0.152. The number of fused-ring (bicyclic) bond motifs is 2. The minimum Gasteiger partial charge on any atom is -0.394 e. The molecule has 0 aliphatic carbocycles. The van der Waals surface area contributed by atoms with Crippen molar-refractivity contribution in [2.45, 2.75) is 46.2 Å². The highest BCUT2D eigenvalue weighted by Crippen LogP contribution is 2.42. The van der Waals surface area contributed by atoms with E-state index in [1.54, 1.807) is 18.3 Å². The molecule has 2 aromatic carbocycles. The van der Waals surface area contributed by atoms with Gasteiger partial charge in [-0.25, -0.2) is 4.39 Å². The lowest BCUT2D eigenvalue weighted by molar-refractivity contribution is 0.202. The van der Waals surface area contributed by atoms with Crippen LogP contribution in [-0.2, 0) is 0 Å². The third-order valence-electron chi connectivity index (χ3n) is 9.30. The van der Waals surface area contributed by atoms with Crippen LogP contribution in [-0.4, -0.2) is 67.1 Å². The molecule has 0 spiro atoms. The van der Waals surface area contributed by atoms with Crippen LogP contribution in [0, 0.1) is 17.2 Å². The molecule has 8 nitrogen and oxygen atoms in total. The summed E-state index contributed by atoms with van der Waals surface area (Å²) in [7, 11) is 4.04. The highest BCUT2D eigenvalue weighted by molar-refractivity contribution is 5.92. The zero-order valence-electron chi connectivity index (χ0n) is 28.7. The van der Waals surface area contributed by atoms with E-state index in [1.165, 1.54) is 5.57 Å². The lowest BCUT2D eigenvalue weighted by atomic mass is 9.78. The third-order valence-corrected chi connectivity index (χ3v) is 9.30. The number of aliphatic hydroxyl groups is 1. The zero-order valence-corrected chi connectivity index (χ0v) is 28.7. The molecule has 3 atom stereocenters. The predicted octanol–water partition coefficient (Wildman–Crippen LogP) is 6.98. The Kier molecular flexibility index (Phi) is 9.56. The number of pyridine rings is 1. The van der Waals surface area contributed by atoms with Crippen molar-refractivity contribution in [3.05, 3.63) is 101 Å². The maximum atomic E-state index is 14.8. The van der Waals surface area contributed by atoms with E-state index in [4.69, 9.17) is 0 Å². The fourth-order valence-electron chi connectivity index (χ4n) is 6.50. The number of nitrogens with zero attached hydrogens (tertiary/aromatic N) is 3. The van der Waals surface area contributed by atoms with Gasteiger partial charge in [0.05, 0.1) is 30.0 Å². The number of aliphatic hydroxyl groups excluding tert-OH is 1. The smallest absolute Gasteiger partial charge is 0.125 e. The monoisotopic (exact) mass is 647 g/mol. The molecule has 3 aliphatic rings. The van der Waals surface area contributed by atoms with Crippen LogP contribution in [0.5, 0.6) is 0 Å². The number of rotatable bonds is 10. The number of allylic oxidation sites excluding steroid dienone is 2. The Hall–Kier alpha value is -4.69. The van der Waals surface area contributed by atoms with Crippen molar-refractivity contribution in [1.82, 2.24) is 15.2 Å². The first kappa shape index (κ1) is 33.2. The second kappa shape index (κ2) is 13.8. The maximum absolute atomic E-state index is 14.8. The molecule has 0 saturated carbocycles. The Balaban J connectivity index is 1.27. The van der Waals surface area contributed by atoms with Crippen molar-refractivity contribution >= 4 is 34.4 Å². The minimum absolute atomic E-state index is 0.0293. The number of aliphatic imine (C=N–C) groups is 1. The number of anilines is 3. The molecular weight excluding hydrogens is 601 g/mol. The van der Waals surface area contributed by atoms with Crippen molar-refractivity contribution < 1.29 is 9.50 Å². The molecule has 4 heterocycles. The van der Waals surface area contributed by atoms with Crippen LogP contribution in [0.1, 0.15) is 45.2 Å². The Bertz CT molecular complexity index is 1840. The Labute approximate surface area is 283 Å². The molecule has 3 aliphatic heterocycles. The van der Waals surface area contributed by atoms with Gasteiger partial charge in [0.15, 0.2) is 0 Å². The summed E-state index contributed by atoms with van der Waals surface area (Å²) in [6.45, 7) is 10.1. The van der Waals surface area contributed by atoms with E-state index in [0.29, 0.717) is 0 Å². The second-order valence-electron chi connectivity index (χ2n) is 14.3. The number of nitrogens with one attached hydrogen (secondary N) is 4. The summed E-state index contributed by atoms with van der Waals surface area (Å²) in [6, 6.07) is 13.5. The van der Waals surface area contributed by atoms with Crippen LogP contribution in [0.25, 0.3) is 22.3 Å². The highest BCUT2D eigenvalue weighted by Gasteiger charge is 2.34. The van der Waals surface area contributed by atoms with Crippen molar-refractivity contribution in [2.75, 3.05) is 49.7 Å². The minimum atomic E-state index is -0.264. The summed E-state index contributed by atoms with van der Waals surface area (Å²) < 4.78 is 14.8. The van der Waals surface area contributed by atoms with Gasteiger partial charge in [-0.05, 0) is 91.5 Å². The van der Waals surface area contributed by atoms with Crippen molar-refractivity contribution in [3.63, 3.8) is 0 Å². The molecule has 0 radical (unpaired) electrons. The average Bonchev–Trinajstić information content (AvgIpc) is 3.05. The molecule has 0 amide bonds. The van der Waals surface area contributed by atoms with Crippen LogP contribution in [0.15, 0.2) is 89.3 Å². The first-order valence-corrected chi connectivity index (χ1v) is 16.6. The first-order chi connectivity index (χ1) is 23.0. The summed E-state index contributed by atoms with van der Waals surface area (Å²) in [4.78, 5) is 11.2. The van der Waals surface area contributed by atoms with Gasteiger partial charge in [0.25, 0.3) is 0 Å². The molecule has 0 bridgehead atoms. The summed E-state index contributed by atoms with van der Waals surface area (Å²) in [5, 5.41) is 23.9. The van der Waals surface area contributed by atoms with Gasteiger partial charge in [-0.15, -0.1) is 0 Å². The molecular formula is C39H46FN7O. The maximum Gasteiger partial charge on any atom is 0.125 e. The van der Waals surface area contributed by atoms with Crippen LogP contribution < -0.4 is 21.3 Å². The Morgan fingerprint density at radius 3 is 2.65 bits per heavy atom. The highest BCUT2D eigenvalue weighted by atomic mass is 19.1. The van der Waals surface area contributed by atoms with E-state index < -0.39 is 0 Å². The molecule has 6 rings (SSSR count). The number of aromatic nitrogens is 1. The molecule has 0 fully saturated rings. The molecule has 0 saturated heterocycles. The van der Waals surface area contributed by atoms with Crippen LogP contribution >= 0.6 is 0 Å². The lowest BCUT2D eigenvalue weighted by Gasteiger charge is -2.37. The van der Waals surface area contributed by atoms with E-state index >= 15 is 0 Å². The Morgan fingerprint density at radius 2 is 1.88 bits per heavy atom. The van der Waals surface area contributed by atoms with Gasteiger partial charge < -0.3 is 31.3 Å². The topological polar surface area (TPSA) is 96.8 Å². The van der Waals surface area contributed by atoms with Crippen molar-refractivity contribution in [2.24, 2.45) is 16.3 Å². The van der Waals surface area contributed by atoms with E-state index in [0.717, 1.165) is 75.7 Å². The normalized spacial score (nSPS) is 19.1. The molecule has 5 N–H and O–H groups in total. The largest absolute Gasteiger partial charge is 0.394 e. The number of benzene rings is 2. The van der Waals surface area contributed by atoms with Crippen LogP contribution in [0.2, 0.25) is 0 Å². The predicted molar refractivity (Wildman–Crippen MR) is 196 cm³/mol. The van der Waals surface area contributed by atoms with Gasteiger partial charge >= 0.3 is 0 Å². The number of hydrogen-bond acceptors (Lipinski definition) is 8. The lowest BCUT2D eigenvalue weighted by Crippen LogP contribution is -2.43. The third kappa shape index (κ3) is 7.24. The van der Waals surface area contributed by atoms with Crippen molar-refractivity contribution in [1.29, 1.82) is 0 Å². The summed E-state index contributed by atoms with van der Waals surface area (Å²) in [5.41, 5.74) is 14.1. The first-order valence-electron chi connectivity index (χ1n) is 16.6. The van der Waals surface area contributed by atoms with Crippen LogP contribution in [0.4, 0.5) is 21.5 Å². The van der Waals surface area contributed by atoms with E-state index in [9.17, 15) is 9.50 Å². The molecule has 3 unspecified atom stereocenters. The number of hydrogen-bond donors (Lipinski definition) is 5. The van der Waals surface area contributed by atoms with Gasteiger partial charge in [0, 0.05) is 78.2 Å². The van der Waals surface area contributed by atoms with Gasteiger partial charge in [-0.1, -0.05) is 32.6 Å². The molecule has 3 aromatic rings.